The van der Waals surface area contributed by atoms with E-state index >= 15 is 0 Å². The summed E-state index contributed by atoms with van der Waals surface area (Å²) in [6.45, 7) is 3.56. The Morgan fingerprint density at radius 2 is 1.93 bits per heavy atom. The lowest BCUT2D eigenvalue weighted by molar-refractivity contribution is -0.133. The van der Waals surface area contributed by atoms with Crippen molar-refractivity contribution < 1.29 is 18.5 Å². The van der Waals surface area contributed by atoms with Crippen molar-refractivity contribution >= 4 is 5.91 Å². The number of piperazine rings is 1. The molecule has 3 aromatic rings. The van der Waals surface area contributed by atoms with E-state index in [1.54, 1.807) is 13.4 Å². The lowest BCUT2D eigenvalue weighted by Gasteiger charge is -2.34. The Hall–Kier alpha value is -3.13. The molecule has 0 unspecified atom stereocenters. The zero-order chi connectivity index (χ0) is 20.1. The normalized spacial score (nSPS) is 14.9. The fraction of sp³-hybridized carbons (Fsp3) is 0.381. The highest BCUT2D eigenvalue weighted by Gasteiger charge is 2.22. The van der Waals surface area contributed by atoms with Crippen LogP contribution < -0.4 is 4.74 Å². The van der Waals surface area contributed by atoms with E-state index in [2.05, 4.69) is 15.0 Å². The quantitative estimate of drug-likeness (QED) is 0.607. The number of rotatable bonds is 7. The fourth-order valence-electron chi connectivity index (χ4n) is 3.37. The van der Waals surface area contributed by atoms with E-state index in [9.17, 15) is 4.79 Å². The number of aromatic nitrogens is 2. The molecule has 152 valence electrons. The lowest BCUT2D eigenvalue weighted by atomic mass is 10.2. The van der Waals surface area contributed by atoms with Gasteiger partial charge in [0, 0.05) is 44.6 Å². The topological polar surface area (TPSA) is 84.8 Å². The third-order valence-electron chi connectivity index (χ3n) is 5.07. The van der Waals surface area contributed by atoms with Gasteiger partial charge in [0.05, 0.1) is 19.9 Å². The molecule has 29 heavy (non-hydrogen) atoms. The highest BCUT2D eigenvalue weighted by molar-refractivity contribution is 5.76. The van der Waals surface area contributed by atoms with Crippen molar-refractivity contribution in [1.29, 1.82) is 0 Å². The molecule has 0 saturated carbocycles. The number of ether oxygens (including phenoxy) is 1. The van der Waals surface area contributed by atoms with Crippen molar-refractivity contribution in [2.45, 2.75) is 19.4 Å². The van der Waals surface area contributed by atoms with Crippen LogP contribution in [0.15, 0.2) is 51.6 Å². The number of hydrogen-bond donors (Lipinski definition) is 0. The molecule has 1 aromatic carbocycles. The van der Waals surface area contributed by atoms with Gasteiger partial charge >= 0.3 is 0 Å². The van der Waals surface area contributed by atoms with E-state index in [-0.39, 0.29) is 5.91 Å². The van der Waals surface area contributed by atoms with Crippen LogP contribution in [-0.4, -0.2) is 59.1 Å². The first kappa shape index (κ1) is 19.2. The molecule has 4 rings (SSSR count). The second-order valence-corrected chi connectivity index (χ2v) is 6.98. The number of carbonyl (C=O) groups is 1. The van der Waals surface area contributed by atoms with E-state index in [4.69, 9.17) is 13.7 Å². The highest BCUT2D eigenvalue weighted by atomic mass is 16.5. The molecule has 1 aliphatic heterocycles. The molecular formula is C21H24N4O4. The molecule has 3 heterocycles. The molecule has 0 bridgehead atoms. The highest BCUT2D eigenvalue weighted by Crippen LogP contribution is 2.20. The van der Waals surface area contributed by atoms with E-state index in [1.807, 2.05) is 41.3 Å². The number of benzene rings is 1. The summed E-state index contributed by atoms with van der Waals surface area (Å²) in [5.41, 5.74) is 0.882. The summed E-state index contributed by atoms with van der Waals surface area (Å²) in [6, 6.07) is 11.3. The van der Waals surface area contributed by atoms with Crippen molar-refractivity contribution in [3.63, 3.8) is 0 Å². The minimum atomic E-state index is 0.167. The van der Waals surface area contributed by atoms with Gasteiger partial charge in [-0.05, 0) is 36.4 Å². The molecule has 1 saturated heterocycles. The Morgan fingerprint density at radius 3 is 2.62 bits per heavy atom. The van der Waals surface area contributed by atoms with Crippen LogP contribution in [0.2, 0.25) is 0 Å². The molecule has 8 nitrogen and oxygen atoms in total. The van der Waals surface area contributed by atoms with E-state index in [1.165, 1.54) is 0 Å². The van der Waals surface area contributed by atoms with Crippen molar-refractivity contribution in [1.82, 2.24) is 19.9 Å². The largest absolute Gasteiger partial charge is 0.497 e. The maximum Gasteiger partial charge on any atom is 0.241 e. The summed E-state index contributed by atoms with van der Waals surface area (Å²) in [7, 11) is 1.63. The van der Waals surface area contributed by atoms with Crippen LogP contribution in [0.25, 0.3) is 11.4 Å². The zero-order valence-corrected chi connectivity index (χ0v) is 16.4. The van der Waals surface area contributed by atoms with Crippen molar-refractivity contribution in [2.24, 2.45) is 0 Å². The number of methoxy groups -OCH3 is 1. The number of furan rings is 1. The first-order chi connectivity index (χ1) is 14.2. The molecular weight excluding hydrogens is 372 g/mol. The van der Waals surface area contributed by atoms with Gasteiger partial charge in [-0.2, -0.15) is 4.98 Å². The number of carbonyl (C=O) groups excluding carboxylic acids is 1. The van der Waals surface area contributed by atoms with Gasteiger partial charge in [-0.1, -0.05) is 5.16 Å². The summed E-state index contributed by atoms with van der Waals surface area (Å²) in [5.74, 6) is 2.94. The van der Waals surface area contributed by atoms with Gasteiger partial charge in [0.15, 0.2) is 0 Å². The number of nitrogens with zero attached hydrogens (tertiary/aromatic N) is 4. The van der Waals surface area contributed by atoms with E-state index in [0.717, 1.165) is 30.2 Å². The molecule has 0 aliphatic carbocycles. The van der Waals surface area contributed by atoms with Gasteiger partial charge in [-0.3, -0.25) is 9.69 Å². The molecule has 0 spiro atoms. The molecule has 0 radical (unpaired) electrons. The molecule has 1 fully saturated rings. The predicted octanol–water partition coefficient (Wildman–Crippen LogP) is 2.62. The molecule has 0 N–H and O–H groups in total. The summed E-state index contributed by atoms with van der Waals surface area (Å²) in [5, 5.41) is 4.07. The Balaban J connectivity index is 1.25. The Morgan fingerprint density at radius 1 is 1.14 bits per heavy atom. The van der Waals surface area contributed by atoms with E-state index in [0.29, 0.717) is 44.2 Å². The third-order valence-corrected chi connectivity index (χ3v) is 5.07. The van der Waals surface area contributed by atoms with Crippen molar-refractivity contribution in [3.8, 4) is 17.1 Å². The molecule has 2 aromatic heterocycles. The fourth-order valence-corrected chi connectivity index (χ4v) is 3.37. The van der Waals surface area contributed by atoms with Crippen LogP contribution in [0.3, 0.4) is 0 Å². The predicted molar refractivity (Wildman–Crippen MR) is 105 cm³/mol. The standard InChI is InChI=1S/C21H24N4O4/c1-27-17-6-4-16(5-7-17)21-22-19(29-23-21)15-24-10-12-25(13-11-24)20(26)9-8-18-3-2-14-28-18/h2-7,14H,8-13,15H2,1H3. The van der Waals surface area contributed by atoms with Gasteiger partial charge in [-0.15, -0.1) is 0 Å². The first-order valence-electron chi connectivity index (χ1n) is 9.71. The summed E-state index contributed by atoms with van der Waals surface area (Å²) in [6.07, 6.45) is 2.75. The average Bonchev–Trinajstić information content (AvgIpc) is 3.45. The van der Waals surface area contributed by atoms with Gasteiger partial charge in [0.25, 0.3) is 0 Å². The first-order valence-corrected chi connectivity index (χ1v) is 9.71. The maximum atomic E-state index is 12.4. The smallest absolute Gasteiger partial charge is 0.241 e. The number of aryl methyl sites for hydroxylation is 1. The molecule has 1 aliphatic rings. The SMILES string of the molecule is COc1ccc(-c2noc(CN3CCN(C(=O)CCc4ccco4)CC3)n2)cc1. The Bertz CT molecular complexity index is 913. The number of hydrogen-bond acceptors (Lipinski definition) is 7. The van der Waals surface area contributed by atoms with Crippen LogP contribution in [0.1, 0.15) is 18.1 Å². The number of amides is 1. The van der Waals surface area contributed by atoms with E-state index < -0.39 is 0 Å². The van der Waals surface area contributed by atoms with Crippen molar-refractivity contribution in [2.75, 3.05) is 33.3 Å². The van der Waals surface area contributed by atoms with Crippen molar-refractivity contribution in [3.05, 3.63) is 54.3 Å². The van der Waals surface area contributed by atoms with Gasteiger partial charge in [0.1, 0.15) is 11.5 Å². The van der Waals surface area contributed by atoms with Crippen LogP contribution in [0, 0.1) is 0 Å². The van der Waals surface area contributed by atoms with Crippen LogP contribution in [0.5, 0.6) is 5.75 Å². The lowest BCUT2D eigenvalue weighted by Crippen LogP contribution is -2.48. The molecule has 8 heteroatoms. The Labute approximate surface area is 169 Å². The van der Waals surface area contributed by atoms with Gasteiger partial charge < -0.3 is 18.6 Å². The van der Waals surface area contributed by atoms with Gasteiger partial charge in [0.2, 0.25) is 17.6 Å². The summed E-state index contributed by atoms with van der Waals surface area (Å²) >= 11 is 0. The Kier molecular flexibility index (Phi) is 5.90. The minimum Gasteiger partial charge on any atom is -0.497 e. The maximum absolute atomic E-state index is 12.4. The zero-order valence-electron chi connectivity index (χ0n) is 16.4. The van der Waals surface area contributed by atoms with Crippen LogP contribution in [-0.2, 0) is 17.8 Å². The summed E-state index contributed by atoms with van der Waals surface area (Å²) < 4.78 is 15.9. The van der Waals surface area contributed by atoms with Crippen LogP contribution >= 0.6 is 0 Å². The monoisotopic (exact) mass is 396 g/mol. The second-order valence-electron chi connectivity index (χ2n) is 6.98. The molecule has 0 atom stereocenters. The van der Waals surface area contributed by atoms with Crippen LogP contribution in [0.4, 0.5) is 0 Å². The summed E-state index contributed by atoms with van der Waals surface area (Å²) in [4.78, 5) is 21.0. The molecule has 1 amide bonds. The average molecular weight is 396 g/mol. The minimum absolute atomic E-state index is 0.167. The second kappa shape index (κ2) is 8.91. The van der Waals surface area contributed by atoms with Gasteiger partial charge in [-0.25, -0.2) is 0 Å². The third kappa shape index (κ3) is 4.83.